The van der Waals surface area contributed by atoms with Crippen LogP contribution >= 0.6 is 11.6 Å². The minimum atomic E-state index is -4.11. The maximum absolute atomic E-state index is 12.8. The van der Waals surface area contributed by atoms with E-state index < -0.39 is 22.2 Å². The van der Waals surface area contributed by atoms with Crippen LogP contribution in [0.2, 0.25) is 5.02 Å². The summed E-state index contributed by atoms with van der Waals surface area (Å²) in [6.07, 6.45) is 1.56. The van der Waals surface area contributed by atoms with Crippen LogP contribution < -0.4 is 10.0 Å². The molecule has 1 aliphatic rings. The van der Waals surface area contributed by atoms with Crippen molar-refractivity contribution >= 4 is 33.3 Å². The molecule has 1 aliphatic carbocycles. The SMILES string of the molecule is CC(C)c1cc(Cl)cc(C(C)C)c1NC(=O)NS(=O)(=O)c1ccc2c(c1)C(O)CCC2. The minimum Gasteiger partial charge on any atom is -0.388 e. The molecule has 3 N–H and O–H groups in total. The van der Waals surface area contributed by atoms with Crippen LogP contribution in [0.4, 0.5) is 10.5 Å². The smallest absolute Gasteiger partial charge is 0.333 e. The zero-order valence-corrected chi connectivity index (χ0v) is 19.8. The maximum Gasteiger partial charge on any atom is 0.333 e. The molecule has 2 aromatic rings. The Bertz CT molecular complexity index is 1070. The lowest BCUT2D eigenvalue weighted by Gasteiger charge is -2.22. The highest BCUT2D eigenvalue weighted by atomic mass is 35.5. The van der Waals surface area contributed by atoms with E-state index >= 15 is 0 Å². The third-order valence-electron chi connectivity index (χ3n) is 5.58. The van der Waals surface area contributed by atoms with Crippen LogP contribution in [0.1, 0.15) is 80.7 Å². The van der Waals surface area contributed by atoms with Crippen molar-refractivity contribution in [2.45, 2.75) is 69.8 Å². The van der Waals surface area contributed by atoms with E-state index in [2.05, 4.69) is 10.0 Å². The Kier molecular flexibility index (Phi) is 6.98. The zero-order valence-electron chi connectivity index (χ0n) is 18.2. The van der Waals surface area contributed by atoms with Crippen molar-refractivity contribution in [1.82, 2.24) is 4.72 Å². The molecule has 0 aromatic heterocycles. The Morgan fingerprint density at radius 1 is 1.10 bits per heavy atom. The lowest BCUT2D eigenvalue weighted by molar-refractivity contribution is 0.156. The number of carbonyl (C=O) groups is 1. The molecule has 0 saturated heterocycles. The summed E-state index contributed by atoms with van der Waals surface area (Å²) >= 11 is 6.26. The summed E-state index contributed by atoms with van der Waals surface area (Å²) in [6.45, 7) is 7.92. The number of sulfonamides is 1. The van der Waals surface area contributed by atoms with E-state index in [1.165, 1.54) is 12.1 Å². The van der Waals surface area contributed by atoms with Gasteiger partial charge in [0.05, 0.1) is 11.0 Å². The Hall–Kier alpha value is -2.09. The number of nitrogens with one attached hydrogen (secondary N) is 2. The van der Waals surface area contributed by atoms with Gasteiger partial charge in [-0.1, -0.05) is 45.4 Å². The van der Waals surface area contributed by atoms with Crippen molar-refractivity contribution in [2.24, 2.45) is 0 Å². The van der Waals surface area contributed by atoms with Gasteiger partial charge in [0.15, 0.2) is 0 Å². The third-order valence-corrected chi connectivity index (χ3v) is 7.13. The molecule has 168 valence electrons. The van der Waals surface area contributed by atoms with Gasteiger partial charge in [-0.25, -0.2) is 17.9 Å². The minimum absolute atomic E-state index is 0.0494. The highest BCUT2D eigenvalue weighted by Gasteiger charge is 2.25. The Labute approximate surface area is 189 Å². The van der Waals surface area contributed by atoms with Crippen molar-refractivity contribution < 1.29 is 18.3 Å². The van der Waals surface area contributed by atoms with Crippen LogP contribution in [-0.4, -0.2) is 19.6 Å². The fourth-order valence-corrected chi connectivity index (χ4v) is 5.12. The van der Waals surface area contributed by atoms with Crippen molar-refractivity contribution in [3.05, 3.63) is 57.6 Å². The number of carbonyl (C=O) groups excluding carboxylic acids is 1. The van der Waals surface area contributed by atoms with E-state index in [1.807, 2.05) is 27.7 Å². The first kappa shape index (κ1) is 23.6. The monoisotopic (exact) mass is 464 g/mol. The van der Waals surface area contributed by atoms with Gasteiger partial charge in [-0.3, -0.25) is 0 Å². The van der Waals surface area contributed by atoms with Crippen LogP contribution in [0.15, 0.2) is 35.2 Å². The Balaban J connectivity index is 1.88. The second-order valence-corrected chi connectivity index (χ2v) is 10.7. The van der Waals surface area contributed by atoms with Crippen LogP contribution in [0, 0.1) is 0 Å². The number of aryl methyl sites for hydroxylation is 1. The molecule has 31 heavy (non-hydrogen) atoms. The second-order valence-electron chi connectivity index (χ2n) is 8.60. The zero-order chi connectivity index (χ0) is 22.9. The molecule has 3 rings (SSSR count). The Morgan fingerprint density at radius 2 is 1.71 bits per heavy atom. The summed E-state index contributed by atoms with van der Waals surface area (Å²) in [6, 6.07) is 7.35. The number of aliphatic hydroxyl groups excluding tert-OH is 1. The van der Waals surface area contributed by atoms with E-state index in [-0.39, 0.29) is 16.7 Å². The Morgan fingerprint density at radius 3 is 2.29 bits per heavy atom. The van der Waals surface area contributed by atoms with Crippen LogP contribution in [0.3, 0.4) is 0 Å². The fraction of sp³-hybridized carbons (Fsp3) is 0.435. The first-order chi connectivity index (χ1) is 14.5. The van der Waals surface area contributed by atoms with Crippen molar-refractivity contribution in [2.75, 3.05) is 5.32 Å². The fourth-order valence-electron chi connectivity index (χ4n) is 3.94. The molecular weight excluding hydrogens is 436 g/mol. The number of aliphatic hydroxyl groups is 1. The predicted molar refractivity (Wildman–Crippen MR) is 123 cm³/mol. The van der Waals surface area contributed by atoms with E-state index in [4.69, 9.17) is 11.6 Å². The number of hydrogen-bond donors (Lipinski definition) is 3. The predicted octanol–water partition coefficient (Wildman–Crippen LogP) is 5.47. The third kappa shape index (κ3) is 5.22. The van der Waals surface area contributed by atoms with Crippen molar-refractivity contribution in [1.29, 1.82) is 0 Å². The molecule has 0 bridgehead atoms. The number of urea groups is 1. The molecule has 6 nitrogen and oxygen atoms in total. The van der Waals surface area contributed by atoms with Crippen molar-refractivity contribution in [3.8, 4) is 0 Å². The number of benzene rings is 2. The highest BCUT2D eigenvalue weighted by Crippen LogP contribution is 2.36. The summed E-state index contributed by atoms with van der Waals surface area (Å²) in [7, 11) is -4.11. The molecule has 0 aliphatic heterocycles. The standard InChI is InChI=1S/C23H29ClN2O4S/c1-13(2)18-10-16(24)11-19(14(3)4)22(18)25-23(28)26-31(29,30)17-9-8-15-6-5-7-21(27)20(15)12-17/h8-14,21,27H,5-7H2,1-4H3,(H2,25,26,28). The van der Waals surface area contributed by atoms with Gasteiger partial charge < -0.3 is 10.4 Å². The molecule has 0 fully saturated rings. The molecule has 2 amide bonds. The summed E-state index contributed by atoms with van der Waals surface area (Å²) in [4.78, 5) is 12.7. The summed E-state index contributed by atoms with van der Waals surface area (Å²) in [5, 5.41) is 13.5. The van der Waals surface area contributed by atoms with Gasteiger partial charge in [0, 0.05) is 10.7 Å². The van der Waals surface area contributed by atoms with E-state index in [0.29, 0.717) is 22.7 Å². The van der Waals surface area contributed by atoms with Gasteiger partial charge in [-0.05, 0) is 77.6 Å². The molecule has 8 heteroatoms. The number of fused-ring (bicyclic) bond motifs is 1. The lowest BCUT2D eigenvalue weighted by atomic mass is 9.90. The van der Waals surface area contributed by atoms with Crippen molar-refractivity contribution in [3.63, 3.8) is 0 Å². The highest BCUT2D eigenvalue weighted by molar-refractivity contribution is 7.90. The number of amides is 2. The lowest BCUT2D eigenvalue weighted by Crippen LogP contribution is -2.35. The number of rotatable bonds is 5. The molecule has 0 radical (unpaired) electrons. The quantitative estimate of drug-likeness (QED) is 0.546. The van der Waals surface area contributed by atoms with E-state index in [9.17, 15) is 18.3 Å². The van der Waals surface area contributed by atoms with Crippen LogP contribution in [-0.2, 0) is 16.4 Å². The van der Waals surface area contributed by atoms with Crippen LogP contribution in [0.25, 0.3) is 0 Å². The van der Waals surface area contributed by atoms with Gasteiger partial charge in [-0.2, -0.15) is 0 Å². The molecule has 1 unspecified atom stereocenters. The number of halogens is 1. The largest absolute Gasteiger partial charge is 0.388 e. The van der Waals surface area contributed by atoms with E-state index in [0.717, 1.165) is 29.5 Å². The topological polar surface area (TPSA) is 95.5 Å². The maximum atomic E-state index is 12.8. The van der Waals surface area contributed by atoms with Gasteiger partial charge in [0.25, 0.3) is 10.0 Å². The molecule has 2 aromatic carbocycles. The number of anilines is 1. The normalized spacial score (nSPS) is 16.3. The van der Waals surface area contributed by atoms with Gasteiger partial charge >= 0.3 is 6.03 Å². The van der Waals surface area contributed by atoms with Gasteiger partial charge in [0.1, 0.15) is 0 Å². The molecule has 0 saturated carbocycles. The first-order valence-corrected chi connectivity index (χ1v) is 12.3. The molecule has 0 heterocycles. The number of hydrogen-bond acceptors (Lipinski definition) is 4. The average Bonchev–Trinajstić information content (AvgIpc) is 2.68. The summed E-state index contributed by atoms with van der Waals surface area (Å²) in [5.41, 5.74) is 3.78. The van der Waals surface area contributed by atoms with Gasteiger partial charge in [-0.15, -0.1) is 0 Å². The van der Waals surface area contributed by atoms with Gasteiger partial charge in [0.2, 0.25) is 0 Å². The summed E-state index contributed by atoms with van der Waals surface area (Å²) in [5.74, 6) is 0.149. The molecular formula is C23H29ClN2O4S. The molecule has 0 spiro atoms. The second kappa shape index (κ2) is 9.18. The average molecular weight is 465 g/mol. The first-order valence-electron chi connectivity index (χ1n) is 10.5. The van der Waals surface area contributed by atoms with E-state index in [1.54, 1.807) is 18.2 Å². The van der Waals surface area contributed by atoms with Crippen LogP contribution in [0.5, 0.6) is 0 Å². The summed E-state index contributed by atoms with van der Waals surface area (Å²) < 4.78 is 27.8. The molecule has 1 atom stereocenters.